The molecular weight excluding hydrogens is 370 g/mol. The Hall–Kier alpha value is -3.79. The molecule has 0 fully saturated rings. The maximum absolute atomic E-state index is 12.0. The van der Waals surface area contributed by atoms with Gasteiger partial charge < -0.3 is 0 Å². The number of para-hydroxylation sites is 1. The van der Waals surface area contributed by atoms with Crippen molar-refractivity contribution in [1.29, 1.82) is 0 Å². The van der Waals surface area contributed by atoms with E-state index in [9.17, 15) is 4.79 Å². The van der Waals surface area contributed by atoms with Gasteiger partial charge in [-0.05, 0) is 37.1 Å². The van der Waals surface area contributed by atoms with E-state index in [0.29, 0.717) is 12.0 Å². The van der Waals surface area contributed by atoms with E-state index in [1.807, 2.05) is 54.6 Å². The second-order valence-corrected chi connectivity index (χ2v) is 7.46. The fraction of sp³-hybridized carbons (Fsp3) is 0.115. The molecule has 0 radical (unpaired) electrons. The predicted molar refractivity (Wildman–Crippen MR) is 120 cm³/mol. The van der Waals surface area contributed by atoms with Crippen molar-refractivity contribution in [2.75, 3.05) is 0 Å². The Morgan fingerprint density at radius 2 is 1.37 bits per heavy atom. The van der Waals surface area contributed by atoms with E-state index in [4.69, 9.17) is 0 Å². The van der Waals surface area contributed by atoms with Gasteiger partial charge in [-0.3, -0.25) is 9.36 Å². The van der Waals surface area contributed by atoms with Crippen LogP contribution in [0.25, 0.3) is 28.5 Å². The molecule has 0 N–H and O–H groups in total. The monoisotopic (exact) mass is 393 g/mol. The Labute approximate surface area is 176 Å². The Morgan fingerprint density at radius 3 is 1.90 bits per heavy atom. The molecule has 0 atom stereocenters. The average molecular weight is 393 g/mol. The molecule has 1 aromatic heterocycles. The van der Waals surface area contributed by atoms with E-state index in [0.717, 1.165) is 34.0 Å². The van der Waals surface area contributed by atoms with Crippen molar-refractivity contribution in [3.63, 3.8) is 0 Å². The minimum atomic E-state index is 0.0526. The number of rotatable bonds is 6. The number of ketones is 1. The maximum atomic E-state index is 12.0. The molecule has 30 heavy (non-hydrogen) atoms. The van der Waals surface area contributed by atoms with Gasteiger partial charge in [0.2, 0.25) is 0 Å². The number of nitrogens with zero attached hydrogens (tertiary/aromatic N) is 3. The Bertz CT molecular complexity index is 1190. The third-order valence-corrected chi connectivity index (χ3v) is 5.04. The van der Waals surface area contributed by atoms with Crippen LogP contribution in [0.3, 0.4) is 0 Å². The third kappa shape index (κ3) is 3.98. The van der Waals surface area contributed by atoms with Crippen molar-refractivity contribution in [3.05, 3.63) is 102 Å². The van der Waals surface area contributed by atoms with Crippen LogP contribution in [0.4, 0.5) is 0 Å². The van der Waals surface area contributed by atoms with Gasteiger partial charge in [-0.1, -0.05) is 78.9 Å². The van der Waals surface area contributed by atoms with Crippen molar-refractivity contribution < 1.29 is 4.79 Å². The predicted octanol–water partition coefficient (Wildman–Crippen LogP) is 5.60. The van der Waals surface area contributed by atoms with Gasteiger partial charge in [0.15, 0.2) is 17.4 Å². The van der Waals surface area contributed by atoms with Crippen LogP contribution < -0.4 is 0 Å². The number of benzene rings is 3. The molecule has 4 aromatic rings. The van der Waals surface area contributed by atoms with Crippen LogP contribution in [-0.2, 0) is 11.2 Å². The number of aromatic nitrogens is 3. The summed E-state index contributed by atoms with van der Waals surface area (Å²) in [5.74, 6) is 1.60. The van der Waals surface area contributed by atoms with E-state index in [1.165, 1.54) is 5.56 Å². The van der Waals surface area contributed by atoms with Gasteiger partial charge in [0, 0.05) is 23.2 Å². The lowest BCUT2D eigenvalue weighted by Gasteiger charge is -2.11. The summed E-state index contributed by atoms with van der Waals surface area (Å²) >= 11 is 0. The van der Waals surface area contributed by atoms with Crippen molar-refractivity contribution in [2.24, 2.45) is 0 Å². The van der Waals surface area contributed by atoms with Crippen LogP contribution in [-0.4, -0.2) is 20.5 Å². The van der Waals surface area contributed by atoms with Gasteiger partial charge >= 0.3 is 0 Å². The molecule has 0 aliphatic heterocycles. The Morgan fingerprint density at radius 1 is 0.833 bits per heavy atom. The molecule has 0 aliphatic rings. The molecule has 0 amide bonds. The lowest BCUT2D eigenvalue weighted by molar-refractivity contribution is -0.114. The van der Waals surface area contributed by atoms with Gasteiger partial charge in [-0.25, -0.2) is 0 Å². The van der Waals surface area contributed by atoms with E-state index in [-0.39, 0.29) is 5.78 Å². The van der Waals surface area contributed by atoms with Gasteiger partial charge in [-0.15, -0.1) is 10.2 Å². The normalized spacial score (nSPS) is 10.7. The van der Waals surface area contributed by atoms with E-state index in [2.05, 4.69) is 52.5 Å². The molecule has 148 valence electrons. The second-order valence-electron chi connectivity index (χ2n) is 7.46. The number of hydrogen-bond acceptors (Lipinski definition) is 3. The molecule has 0 saturated carbocycles. The average Bonchev–Trinajstić information content (AvgIpc) is 3.20. The topological polar surface area (TPSA) is 47.8 Å². The number of hydrogen-bond donors (Lipinski definition) is 0. The molecular formula is C26H23N3O. The Kier molecular flexibility index (Phi) is 5.40. The molecule has 3 aromatic carbocycles. The van der Waals surface area contributed by atoms with Crippen LogP contribution in [0.5, 0.6) is 0 Å². The SMILES string of the molecule is C=C(C)C(=O)Cc1ccc(-c2nnc(-c3ccc(C)cc3)n2-c2ccccc2)cc1. The second kappa shape index (κ2) is 8.29. The van der Waals surface area contributed by atoms with E-state index >= 15 is 0 Å². The summed E-state index contributed by atoms with van der Waals surface area (Å²) in [7, 11) is 0. The highest BCUT2D eigenvalue weighted by molar-refractivity contribution is 5.95. The van der Waals surface area contributed by atoms with Gasteiger partial charge in [0.05, 0.1) is 0 Å². The van der Waals surface area contributed by atoms with Gasteiger partial charge in [0.1, 0.15) is 0 Å². The van der Waals surface area contributed by atoms with Crippen LogP contribution in [0.2, 0.25) is 0 Å². The minimum absolute atomic E-state index is 0.0526. The smallest absolute Gasteiger partial charge is 0.168 e. The molecule has 0 saturated heterocycles. The van der Waals surface area contributed by atoms with Crippen LogP contribution in [0.15, 0.2) is 91.0 Å². The molecule has 4 nitrogen and oxygen atoms in total. The standard InChI is InChI=1S/C26H23N3O/c1-18(2)24(30)17-20-11-15-22(16-12-20)26-28-27-25(21-13-9-19(3)10-14-21)29(26)23-7-5-4-6-8-23/h4-16H,1,17H2,2-3H3. The quantitative estimate of drug-likeness (QED) is 0.401. The van der Waals surface area contributed by atoms with Crippen molar-refractivity contribution in [3.8, 4) is 28.5 Å². The first-order chi connectivity index (χ1) is 14.5. The molecule has 0 unspecified atom stereocenters. The molecule has 0 bridgehead atoms. The fourth-order valence-corrected chi connectivity index (χ4v) is 3.29. The number of aryl methyl sites for hydroxylation is 1. The first-order valence-corrected chi connectivity index (χ1v) is 9.89. The lowest BCUT2D eigenvalue weighted by atomic mass is 10.0. The number of Topliss-reactive ketones (excluding diaryl/α,β-unsaturated/α-hetero) is 1. The zero-order valence-corrected chi connectivity index (χ0v) is 17.2. The van der Waals surface area contributed by atoms with E-state index in [1.54, 1.807) is 6.92 Å². The first-order valence-electron chi connectivity index (χ1n) is 9.89. The zero-order chi connectivity index (χ0) is 21.1. The zero-order valence-electron chi connectivity index (χ0n) is 17.2. The first kappa shape index (κ1) is 19.5. The van der Waals surface area contributed by atoms with Crippen LogP contribution >= 0.6 is 0 Å². The summed E-state index contributed by atoms with van der Waals surface area (Å²) < 4.78 is 2.07. The minimum Gasteiger partial charge on any atom is -0.294 e. The summed E-state index contributed by atoms with van der Waals surface area (Å²) in [6.07, 6.45) is 0.357. The van der Waals surface area contributed by atoms with Crippen LogP contribution in [0, 0.1) is 6.92 Å². The number of carbonyl (C=O) groups is 1. The largest absolute Gasteiger partial charge is 0.294 e. The van der Waals surface area contributed by atoms with Crippen molar-refractivity contribution in [2.45, 2.75) is 20.3 Å². The molecule has 0 aliphatic carbocycles. The summed E-state index contributed by atoms with van der Waals surface area (Å²) in [6.45, 7) is 7.54. The van der Waals surface area contributed by atoms with Gasteiger partial charge in [-0.2, -0.15) is 0 Å². The molecule has 1 heterocycles. The highest BCUT2D eigenvalue weighted by Crippen LogP contribution is 2.29. The van der Waals surface area contributed by atoms with Crippen molar-refractivity contribution in [1.82, 2.24) is 14.8 Å². The fourth-order valence-electron chi connectivity index (χ4n) is 3.29. The molecule has 4 rings (SSSR count). The maximum Gasteiger partial charge on any atom is 0.168 e. The van der Waals surface area contributed by atoms with Crippen molar-refractivity contribution >= 4 is 5.78 Å². The number of allylic oxidation sites excluding steroid dienone is 1. The van der Waals surface area contributed by atoms with Crippen LogP contribution in [0.1, 0.15) is 18.1 Å². The summed E-state index contributed by atoms with van der Waals surface area (Å²) in [5.41, 5.74) is 5.67. The van der Waals surface area contributed by atoms with E-state index < -0.39 is 0 Å². The van der Waals surface area contributed by atoms with Gasteiger partial charge in [0.25, 0.3) is 0 Å². The molecule has 0 spiro atoms. The third-order valence-electron chi connectivity index (χ3n) is 5.04. The summed E-state index contributed by atoms with van der Waals surface area (Å²) in [5, 5.41) is 9.02. The highest BCUT2D eigenvalue weighted by Gasteiger charge is 2.17. The summed E-state index contributed by atoms with van der Waals surface area (Å²) in [6, 6.07) is 26.3. The summed E-state index contributed by atoms with van der Waals surface area (Å²) in [4.78, 5) is 12.0. The lowest BCUT2D eigenvalue weighted by Crippen LogP contribution is -2.03. The number of carbonyl (C=O) groups excluding carboxylic acids is 1. The Balaban J connectivity index is 1.78. The molecule has 4 heteroatoms. The highest BCUT2D eigenvalue weighted by atomic mass is 16.1.